The van der Waals surface area contributed by atoms with Gasteiger partial charge in [-0.2, -0.15) is 10.5 Å². The van der Waals surface area contributed by atoms with Gasteiger partial charge >= 0.3 is 0 Å². The van der Waals surface area contributed by atoms with E-state index in [-0.39, 0.29) is 0 Å². The molecule has 462 valence electrons. The summed E-state index contributed by atoms with van der Waals surface area (Å²) in [5.74, 6) is 0. The van der Waals surface area contributed by atoms with E-state index in [4.69, 9.17) is 0 Å². The molecule has 21 rings (SSSR count). The number of fused-ring (bicyclic) bond motifs is 20. The van der Waals surface area contributed by atoms with E-state index in [0.29, 0.717) is 33.9 Å². The number of rotatable bonds is 8. The first kappa shape index (κ1) is 55.7. The number of hydrogen-bond acceptors (Lipinski definition) is 2. The highest BCUT2D eigenvalue weighted by molar-refractivity contribution is 6.19. The van der Waals surface area contributed by atoms with Gasteiger partial charge in [-0.15, -0.1) is 0 Å². The predicted octanol–water partition coefficient (Wildman–Crippen LogP) is 22.5. The fraction of sp³-hybridized carbons (Fsp3) is 0.0213. The lowest BCUT2D eigenvalue weighted by molar-refractivity contribution is 0.771. The summed E-state index contributed by atoms with van der Waals surface area (Å²) in [5, 5.41) is 35.3. The maximum Gasteiger partial charge on any atom is 0.104 e. The monoisotopic (exact) mass is 1270 g/mol. The van der Waals surface area contributed by atoms with Gasteiger partial charge in [-0.25, -0.2) is 0 Å². The van der Waals surface area contributed by atoms with Crippen LogP contribution in [0.3, 0.4) is 0 Å². The van der Waals surface area contributed by atoms with Crippen LogP contribution in [0.5, 0.6) is 0 Å². The molecule has 4 aromatic heterocycles. The lowest BCUT2D eigenvalue weighted by Gasteiger charge is -2.35. The first-order chi connectivity index (χ1) is 49.6. The maximum atomic E-state index is 13.6. The topological polar surface area (TPSA) is 67.3 Å². The second-order valence-electron chi connectivity index (χ2n) is 26.6. The lowest BCUT2D eigenvalue weighted by atomic mass is 9.67. The molecule has 0 N–H and O–H groups in total. The van der Waals surface area contributed by atoms with Gasteiger partial charge in [0.25, 0.3) is 0 Å². The molecule has 6 nitrogen and oxygen atoms in total. The molecule has 0 saturated carbocycles. The molecule has 6 heteroatoms. The molecule has 0 spiro atoms. The van der Waals surface area contributed by atoms with Gasteiger partial charge in [0, 0.05) is 54.2 Å². The van der Waals surface area contributed by atoms with Crippen LogP contribution in [0, 0.1) is 22.7 Å². The van der Waals surface area contributed by atoms with Gasteiger partial charge in [0.15, 0.2) is 0 Å². The van der Waals surface area contributed by atoms with Gasteiger partial charge in [0.2, 0.25) is 0 Å². The summed E-state index contributed by atoms with van der Waals surface area (Å²) < 4.78 is 9.58. The van der Waals surface area contributed by atoms with Crippen LogP contribution in [0.2, 0.25) is 0 Å². The zero-order valence-electron chi connectivity index (χ0n) is 54.0. The molecule has 0 unspecified atom stereocenters. The van der Waals surface area contributed by atoms with Crippen LogP contribution in [0.4, 0.5) is 0 Å². The van der Waals surface area contributed by atoms with Crippen molar-refractivity contribution in [2.75, 3.05) is 0 Å². The number of nitrogens with zero attached hydrogens (tertiary/aromatic N) is 6. The Morgan fingerprint density at radius 2 is 0.470 bits per heavy atom. The Balaban J connectivity index is 1.07. The zero-order chi connectivity index (χ0) is 66.0. The highest BCUT2D eigenvalue weighted by atomic mass is 15.1. The average Bonchev–Trinajstić information content (AvgIpc) is 1.48. The number of aromatic nitrogens is 4. The molecule has 0 atom stereocenters. The molecule has 0 fully saturated rings. The molecule has 0 amide bonds. The van der Waals surface area contributed by atoms with Crippen molar-refractivity contribution in [3.63, 3.8) is 0 Å². The Hall–Kier alpha value is -13.5. The number of hydrogen-bond donors (Lipinski definition) is 0. The van der Waals surface area contributed by atoms with Crippen molar-refractivity contribution in [2.45, 2.75) is 10.8 Å². The van der Waals surface area contributed by atoms with E-state index in [1.165, 1.54) is 5.56 Å². The summed E-state index contributed by atoms with van der Waals surface area (Å²) in [6.45, 7) is 0. The number of nitriles is 2. The third kappa shape index (κ3) is 7.07. The van der Waals surface area contributed by atoms with Crippen molar-refractivity contribution >= 4 is 87.2 Å². The van der Waals surface area contributed by atoms with Crippen molar-refractivity contribution in [3.8, 4) is 57.1 Å². The minimum absolute atomic E-state index is 0.336. The van der Waals surface area contributed by atoms with Crippen LogP contribution in [-0.2, 0) is 10.8 Å². The van der Waals surface area contributed by atoms with Crippen LogP contribution in [-0.4, -0.2) is 18.3 Å². The summed E-state index contributed by atoms with van der Waals surface area (Å²) >= 11 is 0. The van der Waals surface area contributed by atoms with Crippen molar-refractivity contribution in [2.24, 2.45) is 0 Å². The fourth-order valence-corrected chi connectivity index (χ4v) is 18.5. The number of para-hydroxylation sites is 6. The maximum absolute atomic E-state index is 13.6. The Bertz CT molecular complexity index is 6450. The third-order valence-electron chi connectivity index (χ3n) is 22.2. The summed E-state index contributed by atoms with van der Waals surface area (Å²) in [6.07, 6.45) is 0. The molecule has 0 bridgehead atoms. The molecule has 100 heavy (non-hydrogen) atoms. The minimum atomic E-state index is -0.893. The molecular formula is C94H56N6. The largest absolute Gasteiger partial charge is 0.306 e. The smallest absolute Gasteiger partial charge is 0.104 e. The molecule has 2 aliphatic rings. The summed E-state index contributed by atoms with van der Waals surface area (Å²) in [6, 6.07) is 129. The van der Waals surface area contributed by atoms with E-state index in [9.17, 15) is 10.5 Å². The first-order valence-electron chi connectivity index (χ1n) is 34.2. The molecule has 0 aliphatic heterocycles. The Labute approximate surface area is 575 Å². The second-order valence-corrected chi connectivity index (χ2v) is 26.6. The van der Waals surface area contributed by atoms with Crippen LogP contribution >= 0.6 is 0 Å². The second kappa shape index (κ2) is 21.0. The SMILES string of the molecule is N#Cc1c(-n2c3ccccc3c3ccccc32)c(-n2c3ccccc3c3ccc4c(c32)C(c2ccccc2)(c2ccccc2)c2ccccc2-4)c(-n2c3ccccc3c3ccccc32)c(C#N)c1-n1c2ccccc2c2ccc3c(c21)C(c1ccccc1)(c1ccccc1)c1ccccc1-3. The summed E-state index contributed by atoms with van der Waals surface area (Å²) in [4.78, 5) is 0. The lowest BCUT2D eigenvalue weighted by Crippen LogP contribution is -2.29. The van der Waals surface area contributed by atoms with Gasteiger partial charge < -0.3 is 18.3 Å². The number of benzene rings is 15. The molecule has 19 aromatic rings. The highest BCUT2D eigenvalue weighted by Gasteiger charge is 2.51. The molecular weight excluding hydrogens is 1210 g/mol. The van der Waals surface area contributed by atoms with E-state index in [1.807, 2.05) is 0 Å². The van der Waals surface area contributed by atoms with Gasteiger partial charge in [-0.3, -0.25) is 0 Å². The Morgan fingerprint density at radius 3 is 0.790 bits per heavy atom. The molecule has 0 radical (unpaired) electrons. The average molecular weight is 1270 g/mol. The third-order valence-corrected chi connectivity index (χ3v) is 22.2. The molecule has 0 saturated heterocycles. The van der Waals surface area contributed by atoms with Crippen LogP contribution in [0.1, 0.15) is 55.6 Å². The van der Waals surface area contributed by atoms with Gasteiger partial charge in [-0.05, 0) is 92.0 Å². The van der Waals surface area contributed by atoms with Crippen LogP contribution in [0.25, 0.3) is 132 Å². The van der Waals surface area contributed by atoms with Gasteiger partial charge in [0.1, 0.15) is 23.3 Å². The summed E-state index contributed by atoms with van der Waals surface area (Å²) in [5.41, 5.74) is 22.1. The van der Waals surface area contributed by atoms with Crippen molar-refractivity contribution in [1.82, 2.24) is 18.3 Å². The van der Waals surface area contributed by atoms with Crippen LogP contribution in [0.15, 0.2) is 340 Å². The Kier molecular flexibility index (Phi) is 11.7. The molecule has 4 heterocycles. The summed E-state index contributed by atoms with van der Waals surface area (Å²) in [7, 11) is 0. The van der Waals surface area contributed by atoms with Crippen molar-refractivity contribution < 1.29 is 0 Å². The quantitative estimate of drug-likeness (QED) is 0.152. The van der Waals surface area contributed by atoms with Gasteiger partial charge in [0.05, 0.1) is 77.7 Å². The molecule has 2 aliphatic carbocycles. The van der Waals surface area contributed by atoms with E-state index < -0.39 is 10.8 Å². The first-order valence-corrected chi connectivity index (χ1v) is 34.2. The zero-order valence-corrected chi connectivity index (χ0v) is 54.0. The van der Waals surface area contributed by atoms with E-state index >= 15 is 0 Å². The van der Waals surface area contributed by atoms with E-state index in [2.05, 4.69) is 370 Å². The molecule has 15 aromatic carbocycles. The van der Waals surface area contributed by atoms with E-state index in [1.54, 1.807) is 0 Å². The standard InChI is InChI=1S/C94H56N6/c95-57-75-87(99-83-51-27-19-43-69(83)73-55-53-71-63-37-13-21-45-77(63)93(85(71)88(73)99,59-29-5-1-6-30-59)60-31-7-2-8-32-60)76(58-96)91(98-81-49-25-17-41-67(81)68-42-18-26-50-82(68)98)92(90(75)97-79-47-23-15-39-65(79)66-40-16-24-48-80(66)97)100-84-52-28-20-44-70(84)74-56-54-72-64-38-14-22-46-78(64)94(86(72)89(74)100,61-33-9-3-10-34-61)62-35-11-4-12-36-62/h1-56H. The normalized spacial score (nSPS) is 13.3. The van der Waals surface area contributed by atoms with Crippen molar-refractivity contribution in [1.29, 1.82) is 10.5 Å². The minimum Gasteiger partial charge on any atom is -0.306 e. The highest BCUT2D eigenvalue weighted by Crippen LogP contribution is 2.62. The fourth-order valence-electron chi connectivity index (χ4n) is 18.5. The van der Waals surface area contributed by atoms with Gasteiger partial charge in [-0.1, -0.05) is 303 Å². The predicted molar refractivity (Wildman–Crippen MR) is 408 cm³/mol. The van der Waals surface area contributed by atoms with E-state index in [0.717, 1.165) is 148 Å². The van der Waals surface area contributed by atoms with Crippen molar-refractivity contribution in [3.05, 3.63) is 395 Å². The Morgan fingerprint density at radius 1 is 0.210 bits per heavy atom. The van der Waals surface area contributed by atoms with Crippen LogP contribution < -0.4 is 0 Å².